The van der Waals surface area contributed by atoms with E-state index >= 15 is 0 Å². The van der Waals surface area contributed by atoms with E-state index in [9.17, 15) is 13.2 Å². The predicted molar refractivity (Wildman–Crippen MR) is 174 cm³/mol. The number of nitrogens with zero attached hydrogens (tertiary/aromatic N) is 4. The van der Waals surface area contributed by atoms with Gasteiger partial charge in [-0.3, -0.25) is 14.7 Å². The summed E-state index contributed by atoms with van der Waals surface area (Å²) in [7, 11) is -1.92. The summed E-state index contributed by atoms with van der Waals surface area (Å²) in [4.78, 5) is 23.2. The van der Waals surface area contributed by atoms with Crippen molar-refractivity contribution in [3.8, 4) is 11.1 Å². The van der Waals surface area contributed by atoms with E-state index in [1.807, 2.05) is 29.2 Å². The Balaban J connectivity index is 1.51. The minimum absolute atomic E-state index is 0.117. The van der Waals surface area contributed by atoms with Gasteiger partial charge in [0.2, 0.25) is 5.88 Å². The number of amidine groups is 1. The highest BCUT2D eigenvalue weighted by Gasteiger charge is 2.49. The van der Waals surface area contributed by atoms with Crippen molar-refractivity contribution < 1.29 is 17.7 Å². The number of unbranched alkanes of at least 4 members (excludes halogenated alkanes) is 1. The minimum atomic E-state index is -3.99. The van der Waals surface area contributed by atoms with Gasteiger partial charge in [-0.05, 0) is 75.9 Å². The quantitative estimate of drug-likeness (QED) is 0.224. The Bertz CT molecular complexity index is 1640. The average molecular weight is 620 g/mol. The first-order chi connectivity index (χ1) is 21.1. The molecule has 9 nitrogen and oxygen atoms in total. The number of aryl methyl sites for hydroxylation is 1. The Hall–Kier alpha value is -3.50. The van der Waals surface area contributed by atoms with E-state index in [0.717, 1.165) is 80.4 Å². The summed E-state index contributed by atoms with van der Waals surface area (Å²) in [6.07, 6.45) is 7.58. The first kappa shape index (κ1) is 31.9. The van der Waals surface area contributed by atoms with Crippen LogP contribution in [0.5, 0.6) is 0 Å². The van der Waals surface area contributed by atoms with Gasteiger partial charge in [0.1, 0.15) is 11.4 Å². The molecule has 0 atom stereocenters. The number of carbonyl (C=O) groups excluding carboxylic acids is 1. The molecule has 1 aliphatic carbocycles. The van der Waals surface area contributed by atoms with Crippen LogP contribution in [-0.2, 0) is 27.9 Å². The molecule has 5 rings (SSSR count). The molecule has 0 bridgehead atoms. The molecular formula is C34H45N5O4S. The van der Waals surface area contributed by atoms with Crippen molar-refractivity contribution in [1.29, 1.82) is 0 Å². The maximum absolute atomic E-state index is 13.8. The lowest BCUT2D eigenvalue weighted by atomic mass is 9.96. The predicted octanol–water partition coefficient (Wildman–Crippen LogP) is 6.84. The molecule has 10 heteroatoms. The summed E-state index contributed by atoms with van der Waals surface area (Å²) < 4.78 is 35.3. The zero-order valence-electron chi connectivity index (χ0n) is 26.6. The third-order valence-electron chi connectivity index (χ3n) is 8.89. The number of nitrogens with one attached hydrogen (secondary N) is 1. The third-order valence-corrected chi connectivity index (χ3v) is 10.3. The van der Waals surface area contributed by atoms with E-state index in [-0.39, 0.29) is 16.7 Å². The van der Waals surface area contributed by atoms with Crippen LogP contribution in [0.25, 0.3) is 11.1 Å². The second-order valence-electron chi connectivity index (χ2n) is 12.3. The number of amides is 1. The highest BCUT2D eigenvalue weighted by molar-refractivity contribution is 7.92. The van der Waals surface area contributed by atoms with Crippen LogP contribution >= 0.6 is 0 Å². The second kappa shape index (κ2) is 13.2. The molecule has 0 radical (unpaired) electrons. The van der Waals surface area contributed by atoms with Crippen LogP contribution in [0.15, 0.2) is 56.9 Å². The fourth-order valence-electron chi connectivity index (χ4n) is 6.38. The van der Waals surface area contributed by atoms with Gasteiger partial charge in [0.25, 0.3) is 15.9 Å². The van der Waals surface area contributed by atoms with Crippen LogP contribution in [0, 0.1) is 13.8 Å². The molecule has 1 fully saturated rings. The Morgan fingerprint density at radius 2 is 1.80 bits per heavy atom. The lowest BCUT2D eigenvalue weighted by molar-refractivity contribution is -0.131. The standard InChI is InChI=1S/C34H45N5O4S/c1-6-8-15-31-35-34(18-11-12-19-34)33(40)39(31)22-26-16-17-28(27(21-26)23-38(5)20-7-2)29-13-9-10-14-30(29)44(41,42)37-32-24(3)25(4)36-43-32/h9-10,13-14,16-17,21,37H,6-8,11-12,15,18-20,22-23H2,1-5H3. The number of hydrogen-bond acceptors (Lipinski definition) is 7. The van der Waals surface area contributed by atoms with Crippen LogP contribution in [-0.4, -0.2) is 54.2 Å². The van der Waals surface area contributed by atoms with Crippen molar-refractivity contribution in [3.63, 3.8) is 0 Å². The topological polar surface area (TPSA) is 108 Å². The Morgan fingerprint density at radius 1 is 1.05 bits per heavy atom. The van der Waals surface area contributed by atoms with Crippen molar-refractivity contribution in [1.82, 2.24) is 15.0 Å². The maximum atomic E-state index is 13.8. The number of rotatable bonds is 13. The van der Waals surface area contributed by atoms with E-state index in [1.165, 1.54) is 0 Å². The molecule has 44 heavy (non-hydrogen) atoms. The van der Waals surface area contributed by atoms with E-state index in [1.54, 1.807) is 26.0 Å². The Morgan fingerprint density at radius 3 is 2.48 bits per heavy atom. The number of carbonyl (C=O) groups is 1. The van der Waals surface area contributed by atoms with Gasteiger partial charge >= 0.3 is 0 Å². The van der Waals surface area contributed by atoms with Crippen molar-refractivity contribution in [2.24, 2.45) is 4.99 Å². The normalized spacial score (nSPS) is 16.4. The molecule has 1 N–H and O–H groups in total. The number of aromatic nitrogens is 1. The monoisotopic (exact) mass is 619 g/mol. The van der Waals surface area contributed by atoms with Crippen molar-refractivity contribution in [2.45, 2.75) is 103 Å². The van der Waals surface area contributed by atoms with Gasteiger partial charge in [-0.2, -0.15) is 0 Å². The SMILES string of the molecule is CCCCC1=NC2(CCCC2)C(=O)N1Cc1ccc(-c2ccccc2S(=O)(=O)Nc2onc(C)c2C)c(CN(C)CCC)c1. The summed E-state index contributed by atoms with van der Waals surface area (Å²) in [5.74, 6) is 1.16. The fourth-order valence-corrected chi connectivity index (χ4v) is 7.65. The zero-order valence-corrected chi connectivity index (χ0v) is 27.5. The van der Waals surface area contributed by atoms with E-state index < -0.39 is 15.6 Å². The molecule has 2 aliphatic rings. The number of sulfonamides is 1. The first-order valence-corrected chi connectivity index (χ1v) is 17.3. The molecule has 3 aromatic rings. The molecule has 1 amide bonds. The van der Waals surface area contributed by atoms with Gasteiger partial charge in [0.05, 0.1) is 17.1 Å². The average Bonchev–Trinajstić information content (AvgIpc) is 3.67. The molecule has 1 spiro atoms. The first-order valence-electron chi connectivity index (χ1n) is 15.8. The van der Waals surface area contributed by atoms with E-state index in [0.29, 0.717) is 29.9 Å². The van der Waals surface area contributed by atoms with Crippen LogP contribution < -0.4 is 4.72 Å². The summed E-state index contributed by atoms with van der Waals surface area (Å²) >= 11 is 0. The van der Waals surface area contributed by atoms with Crippen LogP contribution in [0.1, 0.15) is 87.6 Å². The summed E-state index contributed by atoms with van der Waals surface area (Å²) in [5.41, 5.74) is 4.15. The lowest BCUT2D eigenvalue weighted by Gasteiger charge is -2.24. The van der Waals surface area contributed by atoms with Gasteiger partial charge < -0.3 is 9.42 Å². The van der Waals surface area contributed by atoms with Crippen molar-refractivity contribution >= 4 is 27.7 Å². The lowest BCUT2D eigenvalue weighted by Crippen LogP contribution is -2.40. The molecule has 1 aromatic heterocycles. The summed E-state index contributed by atoms with van der Waals surface area (Å²) in [6, 6.07) is 13.2. The van der Waals surface area contributed by atoms with Gasteiger partial charge in [0, 0.05) is 24.1 Å². The van der Waals surface area contributed by atoms with Gasteiger partial charge in [-0.1, -0.05) is 74.7 Å². The van der Waals surface area contributed by atoms with Crippen molar-refractivity contribution in [2.75, 3.05) is 18.3 Å². The van der Waals surface area contributed by atoms with Crippen LogP contribution in [0.4, 0.5) is 5.88 Å². The third kappa shape index (κ3) is 6.47. The van der Waals surface area contributed by atoms with Crippen LogP contribution in [0.2, 0.25) is 0 Å². The second-order valence-corrected chi connectivity index (χ2v) is 14.0. The van der Waals surface area contributed by atoms with E-state index in [2.05, 4.69) is 41.7 Å². The van der Waals surface area contributed by atoms with Gasteiger partial charge in [-0.15, -0.1) is 0 Å². The molecule has 1 saturated carbocycles. The minimum Gasteiger partial charge on any atom is -0.337 e. The fraction of sp³-hybridized carbons (Fsp3) is 0.500. The molecule has 2 aromatic carbocycles. The van der Waals surface area contributed by atoms with E-state index in [4.69, 9.17) is 9.52 Å². The van der Waals surface area contributed by atoms with Gasteiger partial charge in [0.15, 0.2) is 0 Å². The smallest absolute Gasteiger partial charge is 0.264 e. The number of aliphatic imine (C=N–C) groups is 1. The molecule has 236 valence electrons. The van der Waals surface area contributed by atoms with Gasteiger partial charge in [-0.25, -0.2) is 13.1 Å². The Labute approximate surface area is 261 Å². The summed E-state index contributed by atoms with van der Waals surface area (Å²) in [6.45, 7) is 9.83. The Kier molecular flexibility index (Phi) is 9.60. The molecular weight excluding hydrogens is 574 g/mol. The molecule has 0 unspecified atom stereocenters. The highest BCUT2D eigenvalue weighted by Crippen LogP contribution is 2.40. The highest BCUT2D eigenvalue weighted by atomic mass is 32.2. The maximum Gasteiger partial charge on any atom is 0.264 e. The molecule has 2 heterocycles. The molecule has 1 aliphatic heterocycles. The zero-order chi connectivity index (χ0) is 31.5. The van der Waals surface area contributed by atoms with Crippen molar-refractivity contribution in [3.05, 3.63) is 64.8 Å². The molecule has 0 saturated heterocycles. The number of hydrogen-bond donors (Lipinski definition) is 1. The largest absolute Gasteiger partial charge is 0.337 e. The number of benzene rings is 2. The summed E-state index contributed by atoms with van der Waals surface area (Å²) in [5, 5.41) is 3.90. The van der Waals surface area contributed by atoms with Crippen LogP contribution in [0.3, 0.4) is 0 Å². The number of anilines is 1.